The van der Waals surface area contributed by atoms with Crippen LogP contribution in [0.1, 0.15) is 41.5 Å². The highest BCUT2D eigenvalue weighted by Crippen LogP contribution is 2.25. The Morgan fingerprint density at radius 1 is 1.16 bits per heavy atom. The number of nitrogens with one attached hydrogen (secondary N) is 2. The van der Waals surface area contributed by atoms with Crippen LogP contribution in [0.5, 0.6) is 0 Å². The average Bonchev–Trinajstić information content (AvgIpc) is 2.82. The van der Waals surface area contributed by atoms with E-state index in [1.54, 1.807) is 19.3 Å². The molecule has 0 radical (unpaired) electrons. The van der Waals surface area contributed by atoms with E-state index in [0.29, 0.717) is 12.1 Å². The molecule has 0 aromatic carbocycles. The quantitative estimate of drug-likeness (QED) is 0.657. The first kappa shape index (κ1) is 21.0. The molecule has 1 saturated heterocycles. The SMILES string of the molecule is CCc1cc2ncc([C@H](C)N3CCN(c4ccc(C(=O)NC)nc4)CC3)cc2[nH]c1=O. The number of hydrogen-bond acceptors (Lipinski definition) is 6. The summed E-state index contributed by atoms with van der Waals surface area (Å²) in [4.78, 5) is 40.4. The fourth-order valence-corrected chi connectivity index (χ4v) is 4.04. The Hall–Kier alpha value is -3.26. The second kappa shape index (κ2) is 8.85. The maximum Gasteiger partial charge on any atom is 0.269 e. The highest BCUT2D eigenvalue weighted by atomic mass is 16.1. The Labute approximate surface area is 181 Å². The van der Waals surface area contributed by atoms with E-state index in [2.05, 4.69) is 37.0 Å². The number of aromatic amines is 1. The number of amides is 1. The maximum atomic E-state index is 12.2. The molecule has 1 aliphatic heterocycles. The molecule has 0 saturated carbocycles. The Kier molecular flexibility index (Phi) is 5.99. The summed E-state index contributed by atoms with van der Waals surface area (Å²) in [5.41, 5.74) is 4.87. The lowest BCUT2D eigenvalue weighted by atomic mass is 10.1. The van der Waals surface area contributed by atoms with Crippen LogP contribution in [0.3, 0.4) is 0 Å². The van der Waals surface area contributed by atoms with E-state index < -0.39 is 0 Å². The number of rotatable bonds is 5. The van der Waals surface area contributed by atoms with Crippen LogP contribution in [0.2, 0.25) is 0 Å². The van der Waals surface area contributed by atoms with E-state index >= 15 is 0 Å². The molecule has 4 heterocycles. The summed E-state index contributed by atoms with van der Waals surface area (Å²) < 4.78 is 0. The van der Waals surface area contributed by atoms with Crippen molar-refractivity contribution in [3.63, 3.8) is 0 Å². The van der Waals surface area contributed by atoms with Gasteiger partial charge in [-0.2, -0.15) is 0 Å². The first-order chi connectivity index (χ1) is 15.0. The van der Waals surface area contributed by atoms with Gasteiger partial charge in [-0.3, -0.25) is 19.5 Å². The first-order valence-corrected chi connectivity index (χ1v) is 10.7. The minimum atomic E-state index is -0.179. The normalized spacial score (nSPS) is 15.8. The Bertz CT molecular complexity index is 1130. The minimum Gasteiger partial charge on any atom is -0.368 e. The standard InChI is InChI=1S/C23H28N6O2/c1-4-16-11-20-21(27-22(16)30)12-17(13-25-20)15(2)28-7-9-29(10-8-28)18-5-6-19(26-14-18)23(31)24-3/h5-6,11-15H,4,7-10H2,1-3H3,(H,24,31)(H,27,30)/t15-/m0/s1. The van der Waals surface area contributed by atoms with Gasteiger partial charge >= 0.3 is 0 Å². The van der Waals surface area contributed by atoms with Crippen LogP contribution in [0.15, 0.2) is 41.5 Å². The number of aromatic nitrogens is 3. The Morgan fingerprint density at radius 3 is 2.58 bits per heavy atom. The molecule has 3 aromatic heterocycles. The van der Waals surface area contributed by atoms with Gasteiger partial charge in [0, 0.05) is 51.0 Å². The van der Waals surface area contributed by atoms with Gasteiger partial charge in [0.2, 0.25) is 0 Å². The Morgan fingerprint density at radius 2 is 1.94 bits per heavy atom. The summed E-state index contributed by atoms with van der Waals surface area (Å²) in [5, 5.41) is 2.59. The largest absolute Gasteiger partial charge is 0.368 e. The van der Waals surface area contributed by atoms with Crippen molar-refractivity contribution in [3.8, 4) is 0 Å². The van der Waals surface area contributed by atoms with Crippen molar-refractivity contribution in [2.24, 2.45) is 0 Å². The molecule has 1 atom stereocenters. The molecule has 3 aromatic rings. The molecule has 162 valence electrons. The topological polar surface area (TPSA) is 94.2 Å². The minimum absolute atomic E-state index is 0.0359. The fourth-order valence-electron chi connectivity index (χ4n) is 4.04. The van der Waals surface area contributed by atoms with Gasteiger partial charge in [0.25, 0.3) is 11.5 Å². The third-order valence-electron chi connectivity index (χ3n) is 6.09. The fraction of sp³-hybridized carbons (Fsp3) is 0.391. The molecule has 0 aliphatic carbocycles. The van der Waals surface area contributed by atoms with Gasteiger partial charge in [0.05, 0.1) is 22.9 Å². The van der Waals surface area contributed by atoms with Crippen LogP contribution < -0.4 is 15.8 Å². The summed E-state index contributed by atoms with van der Waals surface area (Å²) >= 11 is 0. The van der Waals surface area contributed by atoms with Gasteiger partial charge in [-0.15, -0.1) is 0 Å². The second-order valence-electron chi connectivity index (χ2n) is 7.86. The molecule has 1 amide bonds. The van der Waals surface area contributed by atoms with Crippen molar-refractivity contribution < 1.29 is 4.79 Å². The zero-order valence-corrected chi connectivity index (χ0v) is 18.2. The molecule has 31 heavy (non-hydrogen) atoms. The zero-order chi connectivity index (χ0) is 22.0. The monoisotopic (exact) mass is 420 g/mol. The van der Waals surface area contributed by atoms with Gasteiger partial charge in [-0.25, -0.2) is 4.98 Å². The number of anilines is 1. The van der Waals surface area contributed by atoms with Crippen molar-refractivity contribution in [2.45, 2.75) is 26.3 Å². The average molecular weight is 421 g/mol. The molecular formula is C23H28N6O2. The van der Waals surface area contributed by atoms with E-state index in [9.17, 15) is 9.59 Å². The van der Waals surface area contributed by atoms with Crippen LogP contribution >= 0.6 is 0 Å². The van der Waals surface area contributed by atoms with E-state index in [-0.39, 0.29) is 17.5 Å². The molecule has 4 rings (SSSR count). The van der Waals surface area contributed by atoms with E-state index in [4.69, 9.17) is 0 Å². The third kappa shape index (κ3) is 4.29. The molecule has 0 bridgehead atoms. The molecule has 8 heteroatoms. The van der Waals surface area contributed by atoms with Crippen molar-refractivity contribution in [2.75, 3.05) is 38.1 Å². The van der Waals surface area contributed by atoms with Crippen LogP contribution in [0.4, 0.5) is 5.69 Å². The van der Waals surface area contributed by atoms with Crippen molar-refractivity contribution in [1.29, 1.82) is 0 Å². The second-order valence-corrected chi connectivity index (χ2v) is 7.86. The molecule has 2 N–H and O–H groups in total. The Balaban J connectivity index is 1.43. The zero-order valence-electron chi connectivity index (χ0n) is 18.2. The van der Waals surface area contributed by atoms with Crippen molar-refractivity contribution in [3.05, 3.63) is 63.8 Å². The molecular weight excluding hydrogens is 392 g/mol. The molecule has 0 unspecified atom stereocenters. The summed E-state index contributed by atoms with van der Waals surface area (Å²) in [5.74, 6) is -0.179. The molecule has 0 spiro atoms. The number of carbonyl (C=O) groups excluding carboxylic acids is 1. The highest BCUT2D eigenvalue weighted by molar-refractivity contribution is 5.92. The predicted molar refractivity (Wildman–Crippen MR) is 122 cm³/mol. The maximum absolute atomic E-state index is 12.2. The smallest absolute Gasteiger partial charge is 0.269 e. The predicted octanol–water partition coefficient (Wildman–Crippen LogP) is 2.12. The van der Waals surface area contributed by atoms with Gasteiger partial charge in [-0.05, 0) is 43.2 Å². The highest BCUT2D eigenvalue weighted by Gasteiger charge is 2.23. The summed E-state index contributed by atoms with van der Waals surface area (Å²) in [6.07, 6.45) is 4.37. The number of H-pyrrole nitrogens is 1. The van der Waals surface area contributed by atoms with Gasteiger partial charge in [0.15, 0.2) is 0 Å². The van der Waals surface area contributed by atoms with Crippen LogP contribution in [0.25, 0.3) is 11.0 Å². The van der Waals surface area contributed by atoms with Gasteiger partial charge in [0.1, 0.15) is 5.69 Å². The van der Waals surface area contributed by atoms with Crippen LogP contribution in [-0.2, 0) is 6.42 Å². The number of pyridine rings is 3. The number of fused-ring (bicyclic) bond motifs is 1. The lowest BCUT2D eigenvalue weighted by Gasteiger charge is -2.39. The van der Waals surface area contributed by atoms with E-state index in [0.717, 1.165) is 54.0 Å². The number of nitrogens with zero attached hydrogens (tertiary/aromatic N) is 4. The summed E-state index contributed by atoms with van der Waals surface area (Å²) in [7, 11) is 1.60. The summed E-state index contributed by atoms with van der Waals surface area (Å²) in [6.45, 7) is 7.71. The number of aryl methyl sites for hydroxylation is 1. The van der Waals surface area contributed by atoms with Gasteiger partial charge < -0.3 is 15.2 Å². The molecule has 8 nitrogen and oxygen atoms in total. The number of carbonyl (C=O) groups is 1. The molecule has 1 fully saturated rings. The van der Waals surface area contributed by atoms with E-state index in [1.807, 2.05) is 31.3 Å². The number of piperazine rings is 1. The van der Waals surface area contributed by atoms with Crippen LogP contribution in [-0.4, -0.2) is 59.0 Å². The van der Waals surface area contributed by atoms with Crippen molar-refractivity contribution >= 4 is 22.6 Å². The first-order valence-electron chi connectivity index (χ1n) is 10.7. The lowest BCUT2D eigenvalue weighted by Crippen LogP contribution is -2.47. The van der Waals surface area contributed by atoms with E-state index in [1.165, 1.54) is 0 Å². The summed E-state index contributed by atoms with van der Waals surface area (Å²) in [6, 6.07) is 7.83. The van der Waals surface area contributed by atoms with Crippen molar-refractivity contribution in [1.82, 2.24) is 25.2 Å². The number of hydrogen-bond donors (Lipinski definition) is 2. The van der Waals surface area contributed by atoms with Crippen LogP contribution in [0, 0.1) is 0 Å². The molecule has 1 aliphatic rings. The van der Waals surface area contributed by atoms with Gasteiger partial charge in [-0.1, -0.05) is 6.92 Å². The third-order valence-corrected chi connectivity index (χ3v) is 6.09. The lowest BCUT2D eigenvalue weighted by molar-refractivity contribution is 0.0958.